The molecule has 0 fully saturated rings. The van der Waals surface area contributed by atoms with Crippen LogP contribution in [-0.4, -0.2) is 6.54 Å². The Morgan fingerprint density at radius 1 is 0.467 bits per heavy atom. The molecule has 3 rings (SSSR count). The molecule has 30 heavy (non-hydrogen) atoms. The maximum absolute atomic E-state index is 5.67. The van der Waals surface area contributed by atoms with Gasteiger partial charge in [0.25, 0.3) is 0 Å². The van der Waals surface area contributed by atoms with Gasteiger partial charge in [0.2, 0.25) is 0 Å². The predicted octanol–water partition coefficient (Wildman–Crippen LogP) is 7.00. The van der Waals surface area contributed by atoms with Crippen LogP contribution in [0.15, 0.2) is 91.0 Å². The smallest absolute Gasteiger partial charge is 0.00773 e. The van der Waals surface area contributed by atoms with Gasteiger partial charge in [0.1, 0.15) is 0 Å². The van der Waals surface area contributed by atoms with E-state index in [0.29, 0.717) is 0 Å². The van der Waals surface area contributed by atoms with E-state index in [1.807, 2.05) is 0 Å². The Kier molecular flexibility index (Phi) is 9.18. The van der Waals surface area contributed by atoms with Gasteiger partial charge in [0.15, 0.2) is 0 Å². The highest BCUT2D eigenvalue weighted by atomic mass is 14.5. The molecule has 0 radical (unpaired) electrons. The molecule has 0 aliphatic rings. The van der Waals surface area contributed by atoms with Crippen molar-refractivity contribution in [3.05, 3.63) is 108 Å². The summed E-state index contributed by atoms with van der Waals surface area (Å²) >= 11 is 0. The number of rotatable bonds is 13. The van der Waals surface area contributed by atoms with Crippen LogP contribution in [0.2, 0.25) is 0 Å². The van der Waals surface area contributed by atoms with E-state index in [0.717, 1.165) is 32.2 Å². The van der Waals surface area contributed by atoms with E-state index in [-0.39, 0.29) is 5.41 Å². The van der Waals surface area contributed by atoms with Crippen LogP contribution in [0.4, 0.5) is 0 Å². The lowest BCUT2D eigenvalue weighted by Crippen LogP contribution is -2.30. The normalized spacial score (nSPS) is 11.5. The molecule has 3 aromatic rings. The standard InChI is InChI=1S/C29H37N/c30-22-14-3-1-2-13-21-29(23-26-15-7-4-8-16-26,24-27-17-9-5-10-18-27)25-28-19-11-6-12-20-28/h4-12,15-20H,1-3,13-14,21-25,30H2. The molecule has 0 aromatic heterocycles. The first-order chi connectivity index (χ1) is 14.8. The van der Waals surface area contributed by atoms with Crippen molar-refractivity contribution in [3.8, 4) is 0 Å². The van der Waals surface area contributed by atoms with E-state index in [1.54, 1.807) is 0 Å². The molecule has 0 amide bonds. The van der Waals surface area contributed by atoms with E-state index in [4.69, 9.17) is 5.73 Å². The minimum Gasteiger partial charge on any atom is -0.330 e. The van der Waals surface area contributed by atoms with E-state index in [9.17, 15) is 0 Å². The van der Waals surface area contributed by atoms with Gasteiger partial charge >= 0.3 is 0 Å². The summed E-state index contributed by atoms with van der Waals surface area (Å²) < 4.78 is 0. The van der Waals surface area contributed by atoms with Crippen LogP contribution in [-0.2, 0) is 19.3 Å². The van der Waals surface area contributed by atoms with Gasteiger partial charge in [-0.15, -0.1) is 0 Å². The van der Waals surface area contributed by atoms with Gasteiger partial charge in [-0.1, -0.05) is 117 Å². The average Bonchev–Trinajstić information content (AvgIpc) is 2.78. The highest BCUT2D eigenvalue weighted by Crippen LogP contribution is 2.37. The average molecular weight is 400 g/mol. The van der Waals surface area contributed by atoms with Crippen molar-refractivity contribution in [3.63, 3.8) is 0 Å². The van der Waals surface area contributed by atoms with Crippen LogP contribution in [0.3, 0.4) is 0 Å². The topological polar surface area (TPSA) is 26.0 Å². The maximum atomic E-state index is 5.67. The molecular weight excluding hydrogens is 362 g/mol. The van der Waals surface area contributed by atoms with Gasteiger partial charge < -0.3 is 5.73 Å². The molecular formula is C29H37N. The molecule has 0 aliphatic carbocycles. The predicted molar refractivity (Wildman–Crippen MR) is 130 cm³/mol. The van der Waals surface area contributed by atoms with Crippen molar-refractivity contribution in [2.45, 2.75) is 57.8 Å². The SMILES string of the molecule is NCCCCCCCC(Cc1ccccc1)(Cc1ccccc1)Cc1ccccc1. The molecule has 0 bridgehead atoms. The molecule has 3 aromatic carbocycles. The summed E-state index contributed by atoms with van der Waals surface area (Å²) in [7, 11) is 0. The van der Waals surface area contributed by atoms with Gasteiger partial charge in [-0.05, 0) is 60.8 Å². The summed E-state index contributed by atoms with van der Waals surface area (Å²) in [5, 5.41) is 0. The van der Waals surface area contributed by atoms with Crippen LogP contribution in [0.1, 0.15) is 55.2 Å². The van der Waals surface area contributed by atoms with Gasteiger partial charge in [-0.2, -0.15) is 0 Å². The number of benzene rings is 3. The summed E-state index contributed by atoms with van der Waals surface area (Å²) in [6.07, 6.45) is 10.9. The molecule has 0 atom stereocenters. The molecule has 1 heteroatoms. The second kappa shape index (κ2) is 12.3. The minimum absolute atomic E-state index is 0.234. The number of unbranched alkanes of at least 4 members (excludes halogenated alkanes) is 4. The summed E-state index contributed by atoms with van der Waals surface area (Å²) in [5.74, 6) is 0. The third-order valence-electron chi connectivity index (χ3n) is 6.18. The van der Waals surface area contributed by atoms with Crippen LogP contribution >= 0.6 is 0 Å². The monoisotopic (exact) mass is 399 g/mol. The Bertz CT molecular complexity index is 709. The quantitative estimate of drug-likeness (QED) is 0.308. The summed E-state index contributed by atoms with van der Waals surface area (Å²) in [5.41, 5.74) is 10.3. The zero-order valence-electron chi connectivity index (χ0n) is 18.3. The van der Waals surface area contributed by atoms with Crippen LogP contribution in [0.25, 0.3) is 0 Å². The van der Waals surface area contributed by atoms with Crippen molar-refractivity contribution in [2.75, 3.05) is 6.54 Å². The first kappa shape index (κ1) is 22.3. The third kappa shape index (κ3) is 7.46. The Morgan fingerprint density at radius 3 is 1.23 bits per heavy atom. The highest BCUT2D eigenvalue weighted by molar-refractivity contribution is 5.24. The van der Waals surface area contributed by atoms with Crippen LogP contribution in [0.5, 0.6) is 0 Å². The molecule has 2 N–H and O–H groups in total. The van der Waals surface area contributed by atoms with Crippen molar-refractivity contribution in [1.82, 2.24) is 0 Å². The molecule has 158 valence electrons. The first-order valence-corrected chi connectivity index (χ1v) is 11.6. The van der Waals surface area contributed by atoms with Crippen molar-refractivity contribution in [1.29, 1.82) is 0 Å². The Labute approximate surface area is 183 Å². The van der Waals surface area contributed by atoms with E-state index >= 15 is 0 Å². The second-order valence-electron chi connectivity index (χ2n) is 8.79. The summed E-state index contributed by atoms with van der Waals surface area (Å²) in [4.78, 5) is 0. The molecule has 0 spiro atoms. The number of nitrogens with two attached hydrogens (primary N) is 1. The third-order valence-corrected chi connectivity index (χ3v) is 6.18. The summed E-state index contributed by atoms with van der Waals surface area (Å²) in [6, 6.07) is 33.2. The zero-order chi connectivity index (χ0) is 20.9. The van der Waals surface area contributed by atoms with E-state index in [2.05, 4.69) is 91.0 Å². The van der Waals surface area contributed by atoms with Crippen LogP contribution < -0.4 is 5.73 Å². The second-order valence-corrected chi connectivity index (χ2v) is 8.79. The van der Waals surface area contributed by atoms with Crippen LogP contribution in [0, 0.1) is 5.41 Å². The lowest BCUT2D eigenvalue weighted by molar-refractivity contribution is 0.243. The van der Waals surface area contributed by atoms with Crippen molar-refractivity contribution < 1.29 is 0 Å². The fourth-order valence-corrected chi connectivity index (χ4v) is 4.71. The highest BCUT2D eigenvalue weighted by Gasteiger charge is 2.30. The largest absolute Gasteiger partial charge is 0.330 e. The van der Waals surface area contributed by atoms with E-state index < -0.39 is 0 Å². The first-order valence-electron chi connectivity index (χ1n) is 11.6. The van der Waals surface area contributed by atoms with Gasteiger partial charge in [0.05, 0.1) is 0 Å². The lowest BCUT2D eigenvalue weighted by Gasteiger charge is -2.35. The molecule has 1 nitrogen and oxygen atoms in total. The Morgan fingerprint density at radius 2 is 0.833 bits per heavy atom. The van der Waals surface area contributed by atoms with Crippen molar-refractivity contribution >= 4 is 0 Å². The van der Waals surface area contributed by atoms with Gasteiger partial charge in [-0.3, -0.25) is 0 Å². The minimum atomic E-state index is 0.234. The molecule has 0 saturated carbocycles. The number of hydrogen-bond acceptors (Lipinski definition) is 1. The zero-order valence-corrected chi connectivity index (χ0v) is 18.3. The lowest BCUT2D eigenvalue weighted by atomic mass is 9.69. The fourth-order valence-electron chi connectivity index (χ4n) is 4.71. The summed E-state index contributed by atoms with van der Waals surface area (Å²) in [6.45, 7) is 0.819. The molecule has 0 saturated heterocycles. The fraction of sp³-hybridized carbons (Fsp3) is 0.379. The number of hydrogen-bond donors (Lipinski definition) is 1. The van der Waals surface area contributed by atoms with Gasteiger partial charge in [-0.25, -0.2) is 0 Å². The Hall–Kier alpha value is -2.38. The molecule has 0 unspecified atom stereocenters. The molecule has 0 heterocycles. The Balaban J connectivity index is 1.82. The molecule has 0 aliphatic heterocycles. The van der Waals surface area contributed by atoms with Gasteiger partial charge in [0, 0.05) is 0 Å². The van der Waals surface area contributed by atoms with Crippen molar-refractivity contribution in [2.24, 2.45) is 11.1 Å². The van der Waals surface area contributed by atoms with E-state index in [1.165, 1.54) is 48.8 Å². The maximum Gasteiger partial charge on any atom is -0.00773 e.